The summed E-state index contributed by atoms with van der Waals surface area (Å²) in [5.41, 5.74) is 6.65. The highest BCUT2D eigenvalue weighted by molar-refractivity contribution is 6.25. The maximum absolute atomic E-state index is 13.1. The van der Waals surface area contributed by atoms with Crippen LogP contribution in [-0.2, 0) is 0 Å². The van der Waals surface area contributed by atoms with Gasteiger partial charge in [0.2, 0.25) is 0 Å². The van der Waals surface area contributed by atoms with Gasteiger partial charge >= 0.3 is 0 Å². The van der Waals surface area contributed by atoms with Crippen LogP contribution in [0, 0.1) is 11.6 Å². The molecule has 0 fully saturated rings. The van der Waals surface area contributed by atoms with Gasteiger partial charge in [-0.1, -0.05) is 6.07 Å². The molecule has 6 heteroatoms. The number of nitrogen functional groups attached to an aromatic ring is 1. The Morgan fingerprint density at radius 3 is 1.62 bits per heavy atom. The van der Waals surface area contributed by atoms with Gasteiger partial charge in [0.25, 0.3) is 11.8 Å². The molecule has 0 bridgehead atoms. The third-order valence-electron chi connectivity index (χ3n) is 3.72. The zero-order valence-electron chi connectivity index (χ0n) is 13.5. The van der Waals surface area contributed by atoms with Crippen molar-refractivity contribution in [1.29, 1.82) is 0 Å². The minimum atomic E-state index is -0.648. The third kappa shape index (κ3) is 3.59. The highest BCUT2D eigenvalue weighted by Crippen LogP contribution is 2.23. The summed E-state index contributed by atoms with van der Waals surface area (Å²) in [7, 11) is 0. The molecule has 0 aromatic heterocycles. The van der Waals surface area contributed by atoms with Crippen molar-refractivity contribution in [2.75, 3.05) is 10.6 Å². The highest BCUT2D eigenvalue weighted by atomic mass is 19.1. The van der Waals surface area contributed by atoms with E-state index in [0.717, 1.165) is 29.2 Å². The minimum Gasteiger partial charge on any atom is -0.399 e. The van der Waals surface area contributed by atoms with E-state index >= 15 is 0 Å². The fourth-order valence-corrected chi connectivity index (χ4v) is 2.43. The normalized spacial score (nSPS) is 10.4. The first-order valence-corrected chi connectivity index (χ1v) is 7.71. The topological polar surface area (TPSA) is 63.4 Å². The zero-order chi connectivity index (χ0) is 18.7. The lowest BCUT2D eigenvalue weighted by Crippen LogP contribution is -2.37. The first-order chi connectivity index (χ1) is 12.5. The van der Waals surface area contributed by atoms with Gasteiger partial charge in [0.05, 0.1) is 5.69 Å². The molecule has 0 unspecified atom stereocenters. The van der Waals surface area contributed by atoms with Gasteiger partial charge in [0.15, 0.2) is 0 Å². The smallest absolute Gasteiger partial charge is 0.265 e. The van der Waals surface area contributed by atoms with Crippen LogP contribution in [0.4, 0.5) is 20.2 Å². The summed E-state index contributed by atoms with van der Waals surface area (Å²) in [6.07, 6.45) is 0. The summed E-state index contributed by atoms with van der Waals surface area (Å²) < 4.78 is 26.3. The second-order valence-corrected chi connectivity index (χ2v) is 5.55. The third-order valence-corrected chi connectivity index (χ3v) is 3.72. The van der Waals surface area contributed by atoms with Crippen LogP contribution in [-0.4, -0.2) is 11.8 Å². The predicted molar refractivity (Wildman–Crippen MR) is 94.8 cm³/mol. The fraction of sp³-hybridized carbons (Fsp3) is 0. The molecule has 0 spiro atoms. The summed E-state index contributed by atoms with van der Waals surface area (Å²) in [5.74, 6) is -2.29. The molecule has 0 saturated carbocycles. The molecule has 0 aliphatic rings. The van der Waals surface area contributed by atoms with Crippen molar-refractivity contribution in [3.63, 3.8) is 0 Å². The second-order valence-electron chi connectivity index (χ2n) is 5.55. The van der Waals surface area contributed by atoms with Crippen molar-refractivity contribution in [2.24, 2.45) is 0 Å². The maximum atomic E-state index is 13.1. The van der Waals surface area contributed by atoms with Crippen molar-refractivity contribution in [3.8, 4) is 0 Å². The molecule has 3 rings (SSSR count). The van der Waals surface area contributed by atoms with Crippen LogP contribution in [0.5, 0.6) is 0 Å². The molecular weight excluding hydrogens is 338 g/mol. The average Bonchev–Trinajstić information content (AvgIpc) is 2.63. The Kier molecular flexibility index (Phi) is 4.75. The number of nitrogens with zero attached hydrogens (tertiary/aromatic N) is 1. The molecular formula is C20H14F2N2O2. The zero-order valence-corrected chi connectivity index (χ0v) is 13.5. The minimum absolute atomic E-state index is 0.129. The molecule has 26 heavy (non-hydrogen) atoms. The number of hydrogen-bond acceptors (Lipinski definition) is 3. The molecule has 0 aliphatic heterocycles. The number of imide groups is 1. The van der Waals surface area contributed by atoms with Crippen molar-refractivity contribution < 1.29 is 18.4 Å². The predicted octanol–water partition coefficient (Wildman–Crippen LogP) is 4.03. The Morgan fingerprint density at radius 1 is 0.731 bits per heavy atom. The monoisotopic (exact) mass is 352 g/mol. The van der Waals surface area contributed by atoms with E-state index in [9.17, 15) is 18.4 Å². The van der Waals surface area contributed by atoms with Gasteiger partial charge in [0.1, 0.15) is 11.6 Å². The number of carbonyl (C=O) groups excluding carboxylic acids is 2. The summed E-state index contributed by atoms with van der Waals surface area (Å²) in [4.78, 5) is 26.8. The van der Waals surface area contributed by atoms with Crippen LogP contribution < -0.4 is 10.6 Å². The SMILES string of the molecule is Nc1cccc(N(C(=O)c2ccc(F)cc2)C(=O)c2ccc(F)cc2)c1. The molecule has 0 atom stereocenters. The van der Waals surface area contributed by atoms with E-state index in [1.165, 1.54) is 30.3 Å². The van der Waals surface area contributed by atoms with Crippen LogP contribution in [0.15, 0.2) is 72.8 Å². The number of nitrogens with two attached hydrogens (primary N) is 1. The van der Waals surface area contributed by atoms with Gasteiger partial charge in [-0.05, 0) is 66.7 Å². The van der Waals surface area contributed by atoms with Crippen LogP contribution in [0.3, 0.4) is 0 Å². The second kappa shape index (κ2) is 7.14. The van der Waals surface area contributed by atoms with Gasteiger partial charge in [0, 0.05) is 16.8 Å². The number of hydrogen-bond donors (Lipinski definition) is 1. The van der Waals surface area contributed by atoms with E-state index in [1.807, 2.05) is 0 Å². The molecule has 130 valence electrons. The number of rotatable bonds is 3. The van der Waals surface area contributed by atoms with Crippen molar-refractivity contribution in [1.82, 2.24) is 0 Å². The number of halogens is 2. The lowest BCUT2D eigenvalue weighted by atomic mass is 10.1. The molecule has 0 aliphatic carbocycles. The number of carbonyl (C=O) groups is 2. The molecule has 2 amide bonds. The van der Waals surface area contributed by atoms with Crippen LogP contribution in [0.25, 0.3) is 0 Å². The molecule has 4 nitrogen and oxygen atoms in total. The van der Waals surface area contributed by atoms with E-state index in [4.69, 9.17) is 5.73 Å². The average molecular weight is 352 g/mol. The molecule has 0 heterocycles. The number of amides is 2. The van der Waals surface area contributed by atoms with Gasteiger partial charge in [-0.25, -0.2) is 13.7 Å². The first-order valence-electron chi connectivity index (χ1n) is 7.71. The Balaban J connectivity index is 2.06. The molecule has 3 aromatic carbocycles. The number of anilines is 2. The Hall–Kier alpha value is -3.54. The van der Waals surface area contributed by atoms with Gasteiger partial charge in [-0.15, -0.1) is 0 Å². The van der Waals surface area contributed by atoms with E-state index < -0.39 is 23.4 Å². The van der Waals surface area contributed by atoms with E-state index in [1.54, 1.807) is 18.2 Å². The lowest BCUT2D eigenvalue weighted by Gasteiger charge is -2.21. The van der Waals surface area contributed by atoms with Gasteiger partial charge in [-0.3, -0.25) is 9.59 Å². The standard InChI is InChI=1S/C20H14F2N2O2/c21-15-8-4-13(5-9-15)19(25)24(18-3-1-2-17(23)12-18)20(26)14-6-10-16(22)11-7-14/h1-12H,23H2. The Bertz CT molecular complexity index is 897. The first kappa shape index (κ1) is 17.3. The Morgan fingerprint density at radius 2 is 1.19 bits per heavy atom. The van der Waals surface area contributed by atoms with Gasteiger partial charge < -0.3 is 5.73 Å². The van der Waals surface area contributed by atoms with Gasteiger partial charge in [-0.2, -0.15) is 0 Å². The van der Waals surface area contributed by atoms with E-state index in [-0.39, 0.29) is 16.8 Å². The van der Waals surface area contributed by atoms with Crippen LogP contribution >= 0.6 is 0 Å². The number of benzene rings is 3. The molecule has 2 N–H and O–H groups in total. The largest absolute Gasteiger partial charge is 0.399 e. The Labute approximate surface area is 148 Å². The van der Waals surface area contributed by atoms with E-state index in [0.29, 0.717) is 5.69 Å². The summed E-state index contributed by atoms with van der Waals surface area (Å²) in [5, 5.41) is 0. The van der Waals surface area contributed by atoms with Crippen molar-refractivity contribution in [2.45, 2.75) is 0 Å². The molecule has 3 aromatic rings. The fourth-order valence-electron chi connectivity index (χ4n) is 2.43. The molecule has 0 radical (unpaired) electrons. The van der Waals surface area contributed by atoms with Crippen molar-refractivity contribution >= 4 is 23.2 Å². The summed E-state index contributed by atoms with van der Waals surface area (Å²) in [6.45, 7) is 0. The summed E-state index contributed by atoms with van der Waals surface area (Å²) in [6, 6.07) is 15.9. The molecule has 0 saturated heterocycles. The quantitative estimate of drug-likeness (QED) is 0.572. The lowest BCUT2D eigenvalue weighted by molar-refractivity contribution is 0.0897. The maximum Gasteiger partial charge on any atom is 0.265 e. The van der Waals surface area contributed by atoms with Crippen LogP contribution in [0.1, 0.15) is 20.7 Å². The van der Waals surface area contributed by atoms with E-state index in [2.05, 4.69) is 0 Å². The summed E-state index contributed by atoms with van der Waals surface area (Å²) >= 11 is 0. The van der Waals surface area contributed by atoms with Crippen molar-refractivity contribution in [3.05, 3.63) is 95.6 Å². The highest BCUT2D eigenvalue weighted by Gasteiger charge is 2.26. The van der Waals surface area contributed by atoms with Crippen LogP contribution in [0.2, 0.25) is 0 Å².